The fourth-order valence-corrected chi connectivity index (χ4v) is 7.23. The molecule has 1 saturated carbocycles. The standard InChI is InChI=1S/C37H46N6O6/c1-26(49-22-28-12-8-5-9-13-28)31(33(45)38-2)40-32(44)30-21-41(34(46)29-18-39-43(20-29)19-27-10-6-4-7-11-27)23-37(30)24-42(25-37)35(47)36(14-15-36)16-17-48-3/h4-13,18,20,26,30-31H,14-17,19,21-25H2,1-3H3,(H,38,45)(H,40,44)/t26-,30+,31+/m1/s1. The molecular formula is C37H46N6O6. The number of nitrogens with one attached hydrogen (secondary N) is 2. The van der Waals surface area contributed by atoms with Crippen molar-refractivity contribution in [1.82, 2.24) is 30.2 Å². The molecule has 0 unspecified atom stereocenters. The minimum absolute atomic E-state index is 0.0902. The molecule has 3 atom stereocenters. The molecule has 12 nitrogen and oxygen atoms in total. The van der Waals surface area contributed by atoms with Crippen LogP contribution in [0.4, 0.5) is 0 Å². The van der Waals surface area contributed by atoms with Crippen LogP contribution < -0.4 is 10.6 Å². The van der Waals surface area contributed by atoms with E-state index in [1.54, 1.807) is 36.0 Å². The lowest BCUT2D eigenvalue weighted by molar-refractivity contribution is -0.155. The Morgan fingerprint density at radius 1 is 0.959 bits per heavy atom. The highest BCUT2D eigenvalue weighted by Crippen LogP contribution is 2.53. The normalized spacial score (nSPS) is 19.9. The van der Waals surface area contributed by atoms with E-state index in [2.05, 4.69) is 15.7 Å². The summed E-state index contributed by atoms with van der Waals surface area (Å²) in [6, 6.07) is 18.5. The molecule has 3 aromatic rings. The van der Waals surface area contributed by atoms with Crippen molar-refractivity contribution in [1.29, 1.82) is 0 Å². The van der Waals surface area contributed by atoms with Gasteiger partial charge in [0.05, 0.1) is 42.3 Å². The van der Waals surface area contributed by atoms with Crippen molar-refractivity contribution in [3.8, 4) is 0 Å². The number of likely N-dealkylation sites (tertiary alicyclic amines) is 2. The average molecular weight is 671 g/mol. The quantitative estimate of drug-likeness (QED) is 0.269. The van der Waals surface area contributed by atoms with Gasteiger partial charge in [-0.2, -0.15) is 5.10 Å². The van der Waals surface area contributed by atoms with Gasteiger partial charge in [-0.25, -0.2) is 0 Å². The summed E-state index contributed by atoms with van der Waals surface area (Å²) >= 11 is 0. The van der Waals surface area contributed by atoms with Crippen LogP contribution in [0.3, 0.4) is 0 Å². The van der Waals surface area contributed by atoms with Crippen LogP contribution in [0.2, 0.25) is 0 Å². The second-order valence-corrected chi connectivity index (χ2v) is 13.8. The van der Waals surface area contributed by atoms with Gasteiger partial charge in [0, 0.05) is 58.6 Å². The number of ether oxygens (including phenoxy) is 2. The van der Waals surface area contributed by atoms with Crippen LogP contribution in [0.1, 0.15) is 47.7 Å². The third-order valence-corrected chi connectivity index (χ3v) is 10.4. The lowest BCUT2D eigenvalue weighted by atomic mass is 9.70. The third kappa shape index (κ3) is 7.40. The molecule has 260 valence electrons. The Kier molecular flexibility index (Phi) is 10.2. The zero-order valence-corrected chi connectivity index (χ0v) is 28.5. The van der Waals surface area contributed by atoms with Gasteiger partial charge in [0.15, 0.2) is 0 Å². The van der Waals surface area contributed by atoms with E-state index in [1.807, 2.05) is 65.6 Å². The number of rotatable bonds is 14. The molecule has 2 aromatic carbocycles. The van der Waals surface area contributed by atoms with E-state index in [0.29, 0.717) is 44.8 Å². The summed E-state index contributed by atoms with van der Waals surface area (Å²) in [4.78, 5) is 58.3. The van der Waals surface area contributed by atoms with Gasteiger partial charge in [-0.1, -0.05) is 60.7 Å². The van der Waals surface area contributed by atoms with E-state index in [1.165, 1.54) is 7.05 Å². The molecule has 3 heterocycles. The summed E-state index contributed by atoms with van der Waals surface area (Å²) in [5.41, 5.74) is 1.40. The Morgan fingerprint density at radius 2 is 1.61 bits per heavy atom. The van der Waals surface area contributed by atoms with Crippen molar-refractivity contribution in [3.05, 3.63) is 89.7 Å². The number of carbonyl (C=O) groups is 4. The Morgan fingerprint density at radius 3 is 2.24 bits per heavy atom. The van der Waals surface area contributed by atoms with E-state index in [9.17, 15) is 19.2 Å². The predicted octanol–water partition coefficient (Wildman–Crippen LogP) is 2.48. The van der Waals surface area contributed by atoms with Gasteiger partial charge in [0.1, 0.15) is 6.04 Å². The van der Waals surface area contributed by atoms with Crippen molar-refractivity contribution in [2.24, 2.45) is 16.7 Å². The molecule has 3 fully saturated rings. The summed E-state index contributed by atoms with van der Waals surface area (Å²) < 4.78 is 13.0. The molecule has 4 amide bonds. The first kappa shape index (κ1) is 34.3. The van der Waals surface area contributed by atoms with Gasteiger partial charge in [0.2, 0.25) is 17.7 Å². The predicted molar refractivity (Wildman–Crippen MR) is 181 cm³/mol. The summed E-state index contributed by atoms with van der Waals surface area (Å²) in [7, 11) is 3.16. The number of amides is 4. The van der Waals surface area contributed by atoms with E-state index in [-0.39, 0.29) is 36.8 Å². The number of methoxy groups -OCH3 is 1. The van der Waals surface area contributed by atoms with Crippen molar-refractivity contribution >= 4 is 23.6 Å². The SMILES string of the molecule is CNC(=O)[C@@H](NC(=O)[C@@H]1CN(C(=O)c2cnn(Cc3ccccc3)c2)CC12CN(C(=O)C1(CCOC)CC1)C2)[C@@H](C)OCc1ccccc1. The first-order valence-corrected chi connectivity index (χ1v) is 17.0. The number of carbonyl (C=O) groups excluding carboxylic acids is 4. The molecule has 49 heavy (non-hydrogen) atoms. The molecular weight excluding hydrogens is 624 g/mol. The third-order valence-electron chi connectivity index (χ3n) is 10.4. The second kappa shape index (κ2) is 14.5. The number of benzene rings is 2. The Balaban J connectivity index is 1.18. The summed E-state index contributed by atoms with van der Waals surface area (Å²) in [5.74, 6) is -1.49. The number of nitrogens with zero attached hydrogens (tertiary/aromatic N) is 4. The maximum absolute atomic E-state index is 14.2. The molecule has 0 radical (unpaired) electrons. The highest BCUT2D eigenvalue weighted by Gasteiger charge is 2.62. The van der Waals surface area contributed by atoms with Crippen LogP contribution in [0.5, 0.6) is 0 Å². The topological polar surface area (TPSA) is 135 Å². The van der Waals surface area contributed by atoms with Crippen LogP contribution in [-0.4, -0.2) is 102 Å². The van der Waals surface area contributed by atoms with Crippen LogP contribution >= 0.6 is 0 Å². The maximum Gasteiger partial charge on any atom is 0.257 e. The molecule has 2 N–H and O–H groups in total. The monoisotopic (exact) mass is 670 g/mol. The molecule has 2 aliphatic heterocycles. The molecule has 1 spiro atoms. The van der Waals surface area contributed by atoms with Crippen molar-refractivity contribution in [2.45, 2.75) is 51.5 Å². The van der Waals surface area contributed by atoms with E-state index in [0.717, 1.165) is 24.0 Å². The molecule has 3 aliphatic rings. The summed E-state index contributed by atoms with van der Waals surface area (Å²) in [6.07, 6.45) is 4.98. The minimum atomic E-state index is -0.958. The Bertz CT molecular complexity index is 1630. The summed E-state index contributed by atoms with van der Waals surface area (Å²) in [6.45, 7) is 4.27. The van der Waals surface area contributed by atoms with Gasteiger partial charge in [-0.15, -0.1) is 0 Å². The van der Waals surface area contributed by atoms with Crippen LogP contribution in [0.25, 0.3) is 0 Å². The zero-order chi connectivity index (χ0) is 34.6. The molecule has 12 heteroatoms. The van der Waals surface area contributed by atoms with Gasteiger partial charge in [-0.3, -0.25) is 23.9 Å². The van der Waals surface area contributed by atoms with Crippen LogP contribution in [0, 0.1) is 16.7 Å². The maximum atomic E-state index is 14.2. The summed E-state index contributed by atoms with van der Waals surface area (Å²) in [5, 5.41) is 10.0. The molecule has 6 rings (SSSR count). The number of aromatic nitrogens is 2. The zero-order valence-electron chi connectivity index (χ0n) is 28.5. The Hall–Kier alpha value is -4.55. The molecule has 0 bridgehead atoms. The second-order valence-electron chi connectivity index (χ2n) is 13.8. The van der Waals surface area contributed by atoms with Crippen LogP contribution in [-0.2, 0) is 37.0 Å². The molecule has 1 aromatic heterocycles. The minimum Gasteiger partial charge on any atom is -0.385 e. The fraction of sp³-hybridized carbons (Fsp3) is 0.486. The van der Waals surface area contributed by atoms with E-state index >= 15 is 0 Å². The first-order valence-electron chi connectivity index (χ1n) is 17.0. The Labute approximate surface area is 287 Å². The lowest BCUT2D eigenvalue weighted by Gasteiger charge is -2.51. The lowest BCUT2D eigenvalue weighted by Crippen LogP contribution is -2.66. The van der Waals surface area contributed by atoms with Gasteiger partial charge >= 0.3 is 0 Å². The van der Waals surface area contributed by atoms with Gasteiger partial charge in [-0.05, 0) is 37.3 Å². The smallest absolute Gasteiger partial charge is 0.257 e. The molecule has 1 aliphatic carbocycles. The van der Waals surface area contributed by atoms with Crippen molar-refractivity contribution in [3.63, 3.8) is 0 Å². The average Bonchev–Trinajstić information content (AvgIpc) is 3.56. The van der Waals surface area contributed by atoms with E-state index < -0.39 is 28.9 Å². The number of hydrogen-bond acceptors (Lipinski definition) is 7. The first-order chi connectivity index (χ1) is 23.7. The highest BCUT2D eigenvalue weighted by atomic mass is 16.5. The largest absolute Gasteiger partial charge is 0.385 e. The van der Waals surface area contributed by atoms with Crippen molar-refractivity contribution < 1.29 is 28.7 Å². The molecule has 2 saturated heterocycles. The van der Waals surface area contributed by atoms with Crippen LogP contribution in [0.15, 0.2) is 73.1 Å². The number of hydrogen-bond donors (Lipinski definition) is 2. The van der Waals surface area contributed by atoms with Crippen molar-refractivity contribution in [2.75, 3.05) is 46.9 Å². The van der Waals surface area contributed by atoms with Gasteiger partial charge in [0.25, 0.3) is 5.91 Å². The fourth-order valence-electron chi connectivity index (χ4n) is 7.23. The van der Waals surface area contributed by atoms with E-state index in [4.69, 9.17) is 9.47 Å². The number of likely N-dealkylation sites (N-methyl/N-ethyl adjacent to an activating group) is 1. The van der Waals surface area contributed by atoms with Gasteiger partial charge < -0.3 is 29.9 Å². The highest BCUT2D eigenvalue weighted by molar-refractivity contribution is 5.96.